The van der Waals surface area contributed by atoms with Crippen LogP contribution in [0.1, 0.15) is 50.5 Å². The number of hydrogen-bond donors (Lipinski definition) is 2. The largest absolute Gasteiger partial charge is 0.508 e. The van der Waals surface area contributed by atoms with Gasteiger partial charge in [0.1, 0.15) is 5.75 Å². The number of aromatic hydroxyl groups is 1. The molecule has 0 unspecified atom stereocenters. The van der Waals surface area contributed by atoms with Crippen LogP contribution in [0.4, 0.5) is 0 Å². The predicted molar refractivity (Wildman–Crippen MR) is 89.1 cm³/mol. The molecule has 0 saturated heterocycles. The molecule has 1 amide bonds. The van der Waals surface area contributed by atoms with Gasteiger partial charge in [0.2, 0.25) is 5.91 Å². The summed E-state index contributed by atoms with van der Waals surface area (Å²) in [7, 11) is 0. The summed E-state index contributed by atoms with van der Waals surface area (Å²) >= 11 is 0. The summed E-state index contributed by atoms with van der Waals surface area (Å²) in [6, 6.07) is 6.83. The van der Waals surface area contributed by atoms with E-state index in [0.717, 1.165) is 23.3 Å². The first-order chi connectivity index (χ1) is 11.1. The fourth-order valence-electron chi connectivity index (χ4n) is 5.67. The Bertz CT molecular complexity index is 603. The minimum atomic E-state index is 0.0309. The van der Waals surface area contributed by atoms with Crippen molar-refractivity contribution in [3.05, 3.63) is 29.8 Å². The molecule has 23 heavy (non-hydrogen) atoms. The molecule has 0 aromatic heterocycles. The van der Waals surface area contributed by atoms with Gasteiger partial charge in [-0.1, -0.05) is 12.1 Å². The van der Waals surface area contributed by atoms with Crippen LogP contribution in [0.5, 0.6) is 5.75 Å². The maximum absolute atomic E-state index is 12.3. The highest BCUT2D eigenvalue weighted by molar-refractivity contribution is 5.83. The minimum Gasteiger partial charge on any atom is -0.508 e. The number of nitrogens with zero attached hydrogens (tertiary/aromatic N) is 1. The Morgan fingerprint density at radius 2 is 1.87 bits per heavy atom. The molecule has 5 rings (SSSR count). The number of hydrazone groups is 1. The second kappa shape index (κ2) is 5.66. The van der Waals surface area contributed by atoms with Crippen molar-refractivity contribution in [2.24, 2.45) is 28.3 Å². The number of benzene rings is 1. The minimum absolute atomic E-state index is 0.0309. The highest BCUT2D eigenvalue weighted by atomic mass is 16.3. The topological polar surface area (TPSA) is 61.7 Å². The summed E-state index contributed by atoms with van der Waals surface area (Å²) in [6.45, 7) is 0. The number of carbonyl (C=O) groups is 1. The van der Waals surface area contributed by atoms with Gasteiger partial charge in [-0.15, -0.1) is 0 Å². The van der Waals surface area contributed by atoms with Gasteiger partial charge < -0.3 is 5.11 Å². The van der Waals surface area contributed by atoms with Gasteiger partial charge in [0.15, 0.2) is 0 Å². The molecule has 0 radical (unpaired) electrons. The molecule has 0 heterocycles. The molecule has 4 saturated carbocycles. The van der Waals surface area contributed by atoms with Crippen LogP contribution in [0, 0.1) is 23.2 Å². The molecule has 4 aliphatic rings. The van der Waals surface area contributed by atoms with Crippen LogP contribution in [-0.4, -0.2) is 17.2 Å². The van der Waals surface area contributed by atoms with Crippen LogP contribution in [0.15, 0.2) is 29.4 Å². The van der Waals surface area contributed by atoms with Crippen LogP contribution < -0.4 is 5.43 Å². The summed E-state index contributed by atoms with van der Waals surface area (Å²) in [6.07, 6.45) is 10.1. The SMILES string of the molecule is O=C(CC12CC3CC(CC(C3)C1)C2)N/N=C\c1cccc(O)c1. The predicted octanol–water partition coefficient (Wildman–Crippen LogP) is 3.45. The lowest BCUT2D eigenvalue weighted by Crippen LogP contribution is -2.47. The van der Waals surface area contributed by atoms with Crippen molar-refractivity contribution in [1.29, 1.82) is 0 Å². The lowest BCUT2D eigenvalue weighted by atomic mass is 9.49. The van der Waals surface area contributed by atoms with Crippen molar-refractivity contribution in [3.8, 4) is 5.75 Å². The van der Waals surface area contributed by atoms with Gasteiger partial charge in [0.25, 0.3) is 0 Å². The van der Waals surface area contributed by atoms with Gasteiger partial charge in [-0.3, -0.25) is 4.79 Å². The zero-order valence-corrected chi connectivity index (χ0v) is 13.4. The summed E-state index contributed by atoms with van der Waals surface area (Å²) in [4.78, 5) is 12.3. The van der Waals surface area contributed by atoms with E-state index in [-0.39, 0.29) is 17.1 Å². The molecular formula is C19H24N2O2. The lowest BCUT2D eigenvalue weighted by molar-refractivity contribution is -0.129. The smallest absolute Gasteiger partial charge is 0.240 e. The number of phenolic OH excluding ortho intramolecular Hbond substituents is 1. The maximum Gasteiger partial charge on any atom is 0.240 e. The molecular weight excluding hydrogens is 288 g/mol. The van der Waals surface area contributed by atoms with E-state index >= 15 is 0 Å². The third-order valence-electron chi connectivity index (χ3n) is 5.97. The molecule has 0 atom stereocenters. The van der Waals surface area contributed by atoms with Crippen molar-refractivity contribution in [1.82, 2.24) is 5.43 Å². The molecule has 4 aliphatic carbocycles. The van der Waals surface area contributed by atoms with E-state index in [4.69, 9.17) is 0 Å². The maximum atomic E-state index is 12.3. The molecule has 4 heteroatoms. The highest BCUT2D eigenvalue weighted by Gasteiger charge is 2.51. The molecule has 122 valence electrons. The van der Waals surface area contributed by atoms with E-state index < -0.39 is 0 Å². The first-order valence-corrected chi connectivity index (χ1v) is 8.71. The van der Waals surface area contributed by atoms with Gasteiger partial charge in [-0.2, -0.15) is 5.10 Å². The Hall–Kier alpha value is -1.84. The van der Waals surface area contributed by atoms with Gasteiger partial charge in [0.05, 0.1) is 6.21 Å². The number of carbonyl (C=O) groups excluding carboxylic acids is 1. The Morgan fingerprint density at radius 3 is 2.48 bits per heavy atom. The Labute approximate surface area is 137 Å². The van der Waals surface area contributed by atoms with Crippen molar-refractivity contribution in [2.45, 2.75) is 44.9 Å². The summed E-state index contributed by atoms with van der Waals surface area (Å²) in [5.74, 6) is 2.83. The van der Waals surface area contributed by atoms with Crippen molar-refractivity contribution in [2.75, 3.05) is 0 Å². The molecule has 4 nitrogen and oxygen atoms in total. The average molecular weight is 312 g/mol. The first-order valence-electron chi connectivity index (χ1n) is 8.71. The Balaban J connectivity index is 1.35. The summed E-state index contributed by atoms with van der Waals surface area (Å²) < 4.78 is 0. The fraction of sp³-hybridized carbons (Fsp3) is 0.579. The first kappa shape index (κ1) is 14.7. The average Bonchev–Trinajstić information content (AvgIpc) is 2.45. The van der Waals surface area contributed by atoms with E-state index in [2.05, 4.69) is 10.5 Å². The Morgan fingerprint density at radius 1 is 1.22 bits per heavy atom. The third-order valence-corrected chi connectivity index (χ3v) is 5.97. The standard InChI is InChI=1S/C19H24N2O2/c22-17-3-1-2-13(7-17)12-20-21-18(23)11-19-8-14-4-15(9-19)6-16(5-14)10-19/h1-3,7,12,14-16,22H,4-6,8-11H2,(H,21,23)/b20-12-. The molecule has 4 fully saturated rings. The molecule has 0 spiro atoms. The lowest BCUT2D eigenvalue weighted by Gasteiger charge is -2.56. The molecule has 4 bridgehead atoms. The van der Waals surface area contributed by atoms with E-state index in [1.54, 1.807) is 24.4 Å². The monoisotopic (exact) mass is 312 g/mol. The van der Waals surface area contributed by atoms with Gasteiger partial charge >= 0.3 is 0 Å². The summed E-state index contributed by atoms with van der Waals surface area (Å²) in [5.41, 5.74) is 3.70. The van der Waals surface area contributed by atoms with Crippen LogP contribution >= 0.6 is 0 Å². The van der Waals surface area contributed by atoms with Gasteiger partial charge in [-0.25, -0.2) is 5.43 Å². The quantitative estimate of drug-likeness (QED) is 0.661. The van der Waals surface area contributed by atoms with Gasteiger partial charge in [0, 0.05) is 6.42 Å². The number of amides is 1. The number of hydrogen-bond acceptors (Lipinski definition) is 3. The van der Waals surface area contributed by atoms with Crippen LogP contribution in [0.3, 0.4) is 0 Å². The van der Waals surface area contributed by atoms with Crippen LogP contribution in [-0.2, 0) is 4.79 Å². The normalized spacial score (nSPS) is 34.9. The van der Waals surface area contributed by atoms with Crippen molar-refractivity contribution >= 4 is 12.1 Å². The molecule has 2 N–H and O–H groups in total. The summed E-state index contributed by atoms with van der Waals surface area (Å²) in [5, 5.41) is 13.5. The number of phenols is 1. The fourth-order valence-corrected chi connectivity index (χ4v) is 5.67. The number of nitrogens with one attached hydrogen (secondary N) is 1. The highest BCUT2D eigenvalue weighted by Crippen LogP contribution is 2.61. The van der Waals surface area contributed by atoms with Crippen molar-refractivity contribution < 1.29 is 9.90 Å². The zero-order chi connectivity index (χ0) is 15.9. The van der Waals surface area contributed by atoms with Gasteiger partial charge in [-0.05, 0) is 79.4 Å². The molecule has 0 aliphatic heterocycles. The second-order valence-electron chi connectivity index (χ2n) is 7.98. The molecule has 1 aromatic carbocycles. The molecule has 1 aromatic rings. The van der Waals surface area contributed by atoms with E-state index in [0.29, 0.717) is 6.42 Å². The van der Waals surface area contributed by atoms with Crippen molar-refractivity contribution in [3.63, 3.8) is 0 Å². The second-order valence-corrected chi connectivity index (χ2v) is 7.98. The third kappa shape index (κ3) is 3.12. The van der Waals surface area contributed by atoms with E-state index in [1.807, 2.05) is 6.07 Å². The van der Waals surface area contributed by atoms with Crippen LogP contribution in [0.2, 0.25) is 0 Å². The zero-order valence-electron chi connectivity index (χ0n) is 13.4. The van der Waals surface area contributed by atoms with E-state index in [1.165, 1.54) is 38.5 Å². The van der Waals surface area contributed by atoms with Crippen LogP contribution in [0.25, 0.3) is 0 Å². The number of rotatable bonds is 4. The van der Waals surface area contributed by atoms with E-state index in [9.17, 15) is 9.90 Å². The Kier molecular flexibility index (Phi) is 3.63.